The standard InChI is InChI=1S/C16H17N3O2S2/c20-15(19-7-6-17-16(19)21)9-18-13-3-1-2-4-14(13)23-11-12-5-8-22-10-12/h1-5,8,10,18H,6-7,9,11H2,(H,17,21). The van der Waals surface area contributed by atoms with Crippen molar-refractivity contribution in [1.29, 1.82) is 0 Å². The second-order valence-electron chi connectivity index (χ2n) is 5.05. The van der Waals surface area contributed by atoms with E-state index < -0.39 is 0 Å². The Morgan fingerprint density at radius 2 is 2.22 bits per heavy atom. The molecule has 23 heavy (non-hydrogen) atoms. The molecule has 1 fully saturated rings. The van der Waals surface area contributed by atoms with Crippen molar-refractivity contribution in [3.63, 3.8) is 0 Å². The molecule has 0 unspecified atom stereocenters. The van der Waals surface area contributed by atoms with Crippen LogP contribution < -0.4 is 10.6 Å². The molecule has 3 rings (SSSR count). The zero-order chi connectivity index (χ0) is 16.1. The monoisotopic (exact) mass is 347 g/mol. The van der Waals surface area contributed by atoms with Crippen LogP contribution in [-0.4, -0.2) is 36.5 Å². The summed E-state index contributed by atoms with van der Waals surface area (Å²) in [5.74, 6) is 0.683. The summed E-state index contributed by atoms with van der Waals surface area (Å²) in [6.45, 7) is 1.08. The summed E-state index contributed by atoms with van der Waals surface area (Å²) in [5.41, 5.74) is 2.21. The molecule has 5 nitrogen and oxygen atoms in total. The molecular formula is C16H17N3O2S2. The molecule has 0 atom stereocenters. The summed E-state index contributed by atoms with van der Waals surface area (Å²) in [6.07, 6.45) is 0. The second kappa shape index (κ2) is 7.52. The highest BCUT2D eigenvalue weighted by Gasteiger charge is 2.25. The molecule has 3 amide bonds. The van der Waals surface area contributed by atoms with Crippen molar-refractivity contribution in [3.05, 3.63) is 46.7 Å². The Hall–Kier alpha value is -1.99. The fraction of sp³-hybridized carbons (Fsp3) is 0.250. The molecule has 1 aliphatic heterocycles. The minimum Gasteiger partial charge on any atom is -0.375 e. The van der Waals surface area contributed by atoms with Crippen LogP contribution in [-0.2, 0) is 10.5 Å². The molecule has 0 saturated carbocycles. The molecule has 0 spiro atoms. The van der Waals surface area contributed by atoms with Crippen LogP contribution in [0.5, 0.6) is 0 Å². The van der Waals surface area contributed by atoms with Crippen LogP contribution in [0.3, 0.4) is 0 Å². The molecule has 2 aromatic rings. The van der Waals surface area contributed by atoms with E-state index in [2.05, 4.69) is 27.5 Å². The maximum Gasteiger partial charge on any atom is 0.324 e. The van der Waals surface area contributed by atoms with Crippen LogP contribution >= 0.6 is 23.1 Å². The number of nitrogens with zero attached hydrogens (tertiary/aromatic N) is 1. The molecule has 7 heteroatoms. The van der Waals surface area contributed by atoms with E-state index in [0.29, 0.717) is 13.1 Å². The first kappa shape index (κ1) is 15.9. The summed E-state index contributed by atoms with van der Waals surface area (Å²) in [4.78, 5) is 25.9. The third kappa shape index (κ3) is 4.05. The number of para-hydroxylation sites is 1. The molecule has 120 valence electrons. The van der Waals surface area contributed by atoms with Gasteiger partial charge in [0.2, 0.25) is 5.91 Å². The second-order valence-corrected chi connectivity index (χ2v) is 6.84. The van der Waals surface area contributed by atoms with Crippen LogP contribution in [0.1, 0.15) is 5.56 Å². The van der Waals surface area contributed by atoms with Crippen molar-refractivity contribution in [2.24, 2.45) is 0 Å². The molecule has 1 aliphatic rings. The zero-order valence-corrected chi connectivity index (χ0v) is 14.1. The van der Waals surface area contributed by atoms with E-state index in [-0.39, 0.29) is 18.5 Å². The van der Waals surface area contributed by atoms with Crippen molar-refractivity contribution >= 4 is 40.7 Å². The van der Waals surface area contributed by atoms with Gasteiger partial charge in [0.25, 0.3) is 0 Å². The highest BCUT2D eigenvalue weighted by Crippen LogP contribution is 2.30. The normalized spacial score (nSPS) is 13.9. The molecule has 0 bridgehead atoms. The first-order valence-electron chi connectivity index (χ1n) is 7.29. The predicted octanol–water partition coefficient (Wildman–Crippen LogP) is 3.00. The molecule has 0 radical (unpaired) electrons. The molecule has 1 aromatic carbocycles. The van der Waals surface area contributed by atoms with E-state index in [9.17, 15) is 9.59 Å². The fourth-order valence-corrected chi connectivity index (χ4v) is 4.00. The average Bonchev–Trinajstić information content (AvgIpc) is 3.23. The average molecular weight is 347 g/mol. The van der Waals surface area contributed by atoms with Crippen LogP contribution in [0, 0.1) is 0 Å². The summed E-state index contributed by atoms with van der Waals surface area (Å²) in [5, 5.41) is 9.99. The van der Waals surface area contributed by atoms with Crippen LogP contribution in [0.4, 0.5) is 10.5 Å². The van der Waals surface area contributed by atoms with Gasteiger partial charge in [-0.2, -0.15) is 11.3 Å². The van der Waals surface area contributed by atoms with Gasteiger partial charge in [0.05, 0.1) is 6.54 Å². The molecule has 2 heterocycles. The summed E-state index contributed by atoms with van der Waals surface area (Å²) < 4.78 is 0. The predicted molar refractivity (Wildman–Crippen MR) is 93.9 cm³/mol. The number of imide groups is 1. The summed E-state index contributed by atoms with van der Waals surface area (Å²) in [7, 11) is 0. The number of rotatable bonds is 6. The molecule has 1 aromatic heterocycles. The Bertz CT molecular complexity index is 688. The molecular weight excluding hydrogens is 330 g/mol. The van der Waals surface area contributed by atoms with E-state index in [1.165, 1.54) is 10.5 Å². The van der Waals surface area contributed by atoms with Gasteiger partial charge in [-0.25, -0.2) is 4.79 Å². The van der Waals surface area contributed by atoms with Crippen LogP contribution in [0.25, 0.3) is 0 Å². The highest BCUT2D eigenvalue weighted by molar-refractivity contribution is 7.98. The van der Waals surface area contributed by atoms with Gasteiger partial charge in [0.15, 0.2) is 0 Å². The zero-order valence-electron chi connectivity index (χ0n) is 12.5. The van der Waals surface area contributed by atoms with Crippen molar-refractivity contribution < 1.29 is 9.59 Å². The minimum atomic E-state index is -0.308. The lowest BCUT2D eigenvalue weighted by molar-refractivity contribution is -0.125. The third-order valence-corrected chi connectivity index (χ3v) is 5.33. The Morgan fingerprint density at radius 3 is 2.96 bits per heavy atom. The van der Waals surface area contributed by atoms with E-state index in [0.717, 1.165) is 16.3 Å². The van der Waals surface area contributed by atoms with E-state index in [1.807, 2.05) is 24.3 Å². The van der Waals surface area contributed by atoms with E-state index in [4.69, 9.17) is 0 Å². The summed E-state index contributed by atoms with van der Waals surface area (Å²) in [6, 6.07) is 9.71. The van der Waals surface area contributed by atoms with Crippen LogP contribution in [0.2, 0.25) is 0 Å². The van der Waals surface area contributed by atoms with Crippen molar-refractivity contribution in [2.45, 2.75) is 10.6 Å². The third-order valence-electron chi connectivity index (χ3n) is 3.45. The number of benzene rings is 1. The number of carbonyl (C=O) groups excluding carboxylic acids is 2. The lowest BCUT2D eigenvalue weighted by Gasteiger charge is -2.15. The minimum absolute atomic E-state index is 0.115. The Morgan fingerprint density at radius 1 is 1.35 bits per heavy atom. The van der Waals surface area contributed by atoms with E-state index >= 15 is 0 Å². The lowest BCUT2D eigenvalue weighted by atomic mass is 10.3. The van der Waals surface area contributed by atoms with Gasteiger partial charge in [-0.15, -0.1) is 11.8 Å². The number of thioether (sulfide) groups is 1. The molecule has 1 saturated heterocycles. The maximum atomic E-state index is 12.1. The number of anilines is 1. The number of amides is 3. The number of carbonyl (C=O) groups is 2. The first-order valence-corrected chi connectivity index (χ1v) is 9.22. The van der Waals surface area contributed by atoms with Gasteiger partial charge < -0.3 is 10.6 Å². The Labute approximate surface area is 143 Å². The molecule has 2 N–H and O–H groups in total. The molecule has 0 aliphatic carbocycles. The number of nitrogens with one attached hydrogen (secondary N) is 2. The first-order chi connectivity index (χ1) is 11.2. The fourth-order valence-electron chi connectivity index (χ4n) is 2.25. The Balaban J connectivity index is 1.59. The number of hydrogen-bond donors (Lipinski definition) is 2. The van der Waals surface area contributed by atoms with Gasteiger partial charge >= 0.3 is 6.03 Å². The van der Waals surface area contributed by atoms with Crippen molar-refractivity contribution in [3.8, 4) is 0 Å². The van der Waals surface area contributed by atoms with Gasteiger partial charge in [-0.3, -0.25) is 9.69 Å². The van der Waals surface area contributed by atoms with Gasteiger partial charge in [-0.1, -0.05) is 12.1 Å². The number of urea groups is 1. The van der Waals surface area contributed by atoms with Gasteiger partial charge in [0, 0.05) is 29.4 Å². The van der Waals surface area contributed by atoms with Gasteiger partial charge in [0.1, 0.15) is 0 Å². The largest absolute Gasteiger partial charge is 0.375 e. The Kier molecular flexibility index (Phi) is 5.19. The highest BCUT2D eigenvalue weighted by atomic mass is 32.2. The quantitative estimate of drug-likeness (QED) is 0.789. The number of thiophene rings is 1. The summed E-state index contributed by atoms with van der Waals surface area (Å²) >= 11 is 3.42. The SMILES string of the molecule is O=C(CNc1ccccc1SCc1ccsc1)N1CCNC1=O. The van der Waals surface area contributed by atoms with Gasteiger partial charge in [-0.05, 0) is 34.5 Å². The van der Waals surface area contributed by atoms with Crippen molar-refractivity contribution in [2.75, 3.05) is 25.0 Å². The smallest absolute Gasteiger partial charge is 0.324 e. The number of hydrogen-bond acceptors (Lipinski definition) is 5. The maximum absolute atomic E-state index is 12.1. The topological polar surface area (TPSA) is 61.4 Å². The van der Waals surface area contributed by atoms with Crippen LogP contribution in [0.15, 0.2) is 46.0 Å². The van der Waals surface area contributed by atoms with Crippen molar-refractivity contribution in [1.82, 2.24) is 10.2 Å². The van der Waals surface area contributed by atoms with E-state index in [1.54, 1.807) is 23.1 Å². The lowest BCUT2D eigenvalue weighted by Crippen LogP contribution is -2.38.